The molecule has 0 unspecified atom stereocenters. The van der Waals surface area contributed by atoms with Crippen molar-refractivity contribution in [1.29, 1.82) is 0 Å². The summed E-state index contributed by atoms with van der Waals surface area (Å²) in [6, 6.07) is 25.2. The first kappa shape index (κ1) is 25.1. The molecule has 0 bridgehead atoms. The molecule has 3 aromatic carbocycles. The fourth-order valence-electron chi connectivity index (χ4n) is 7.01. The third kappa shape index (κ3) is 4.31. The first-order valence-electron chi connectivity index (χ1n) is 14.5. The molecule has 1 heterocycles. The molecular formula is C37H41N. The van der Waals surface area contributed by atoms with Crippen LogP contribution in [-0.4, -0.2) is 4.98 Å². The van der Waals surface area contributed by atoms with E-state index in [0.29, 0.717) is 17.3 Å². The predicted octanol–water partition coefficient (Wildman–Crippen LogP) is 10.5. The Morgan fingerprint density at radius 3 is 2.24 bits per heavy atom. The van der Waals surface area contributed by atoms with Crippen LogP contribution in [0.3, 0.4) is 0 Å². The highest BCUT2D eigenvalue weighted by molar-refractivity contribution is 5.98. The van der Waals surface area contributed by atoms with Gasteiger partial charge in [0, 0.05) is 17.2 Å². The van der Waals surface area contributed by atoms with Crippen molar-refractivity contribution in [2.45, 2.75) is 84.5 Å². The molecule has 0 atom stereocenters. The molecular weight excluding hydrogens is 458 g/mol. The molecule has 2 aliphatic carbocycles. The van der Waals surface area contributed by atoms with Crippen LogP contribution in [0.5, 0.6) is 0 Å². The zero-order valence-corrected chi connectivity index (χ0v) is 23.9. The molecule has 0 aliphatic heterocycles. The zero-order chi connectivity index (χ0) is 26.7. The van der Waals surface area contributed by atoms with Gasteiger partial charge in [0.1, 0.15) is 0 Å². The maximum absolute atomic E-state index is 5.01. The van der Waals surface area contributed by atoms with Crippen molar-refractivity contribution in [2.24, 2.45) is 5.41 Å². The Hall–Kier alpha value is -3.19. The highest BCUT2D eigenvalue weighted by Gasteiger charge is 2.37. The topological polar surface area (TPSA) is 12.9 Å². The minimum atomic E-state index is -0.126. The standard InChI is InChI=1S/C37H41N/c1-24(2)32-22-30(21-28-9-7-8-10-31(28)32)35-34-29(17-20-38-35)23-33(37(34,5)6)27-13-11-25(12-14-27)26-15-18-36(3,4)19-16-26/h7-14,17,20-24,26H,15-16,18-19H2,1-6H3. The van der Waals surface area contributed by atoms with Gasteiger partial charge in [-0.3, -0.25) is 4.98 Å². The van der Waals surface area contributed by atoms with Crippen molar-refractivity contribution in [3.05, 3.63) is 101 Å². The lowest BCUT2D eigenvalue weighted by atomic mass is 9.71. The first-order valence-corrected chi connectivity index (χ1v) is 14.5. The van der Waals surface area contributed by atoms with Crippen LogP contribution in [0.2, 0.25) is 0 Å². The largest absolute Gasteiger partial charge is 0.256 e. The quantitative estimate of drug-likeness (QED) is 0.272. The van der Waals surface area contributed by atoms with Gasteiger partial charge in [0.15, 0.2) is 0 Å². The van der Waals surface area contributed by atoms with Crippen molar-refractivity contribution >= 4 is 22.4 Å². The summed E-state index contributed by atoms with van der Waals surface area (Å²) in [4.78, 5) is 5.01. The van der Waals surface area contributed by atoms with E-state index in [0.717, 1.165) is 5.69 Å². The van der Waals surface area contributed by atoms with Crippen LogP contribution < -0.4 is 0 Å². The van der Waals surface area contributed by atoms with Gasteiger partial charge < -0.3 is 0 Å². The molecule has 1 nitrogen and oxygen atoms in total. The second kappa shape index (κ2) is 9.23. The summed E-state index contributed by atoms with van der Waals surface area (Å²) in [7, 11) is 0. The lowest BCUT2D eigenvalue weighted by Crippen LogP contribution is -2.20. The molecule has 1 fully saturated rings. The SMILES string of the molecule is CC(C)c1cc(-c2nccc3c2C(C)(C)C(c2ccc(C4CCC(C)(C)CC4)cc2)=C3)cc2ccccc12. The molecule has 4 aromatic rings. The number of fused-ring (bicyclic) bond motifs is 2. The minimum absolute atomic E-state index is 0.126. The third-order valence-electron chi connectivity index (χ3n) is 9.40. The average Bonchev–Trinajstić information content (AvgIpc) is 3.18. The normalized spacial score (nSPS) is 18.6. The van der Waals surface area contributed by atoms with Gasteiger partial charge in [-0.1, -0.05) is 90.1 Å². The fourth-order valence-corrected chi connectivity index (χ4v) is 7.01. The van der Waals surface area contributed by atoms with Gasteiger partial charge in [-0.2, -0.15) is 0 Å². The van der Waals surface area contributed by atoms with Gasteiger partial charge in [0.05, 0.1) is 5.69 Å². The molecule has 0 amide bonds. The molecule has 0 N–H and O–H groups in total. The first-order chi connectivity index (χ1) is 18.1. The van der Waals surface area contributed by atoms with Gasteiger partial charge in [-0.05, 0) is 111 Å². The number of benzene rings is 3. The lowest BCUT2D eigenvalue weighted by molar-refractivity contribution is 0.224. The molecule has 6 rings (SSSR count). The van der Waals surface area contributed by atoms with Crippen LogP contribution in [0.25, 0.3) is 33.7 Å². The predicted molar refractivity (Wildman–Crippen MR) is 164 cm³/mol. The van der Waals surface area contributed by atoms with Crippen LogP contribution in [-0.2, 0) is 5.41 Å². The van der Waals surface area contributed by atoms with Gasteiger partial charge >= 0.3 is 0 Å². The summed E-state index contributed by atoms with van der Waals surface area (Å²) in [5, 5.41) is 2.64. The molecule has 194 valence electrons. The lowest BCUT2D eigenvalue weighted by Gasteiger charge is -2.34. The van der Waals surface area contributed by atoms with Crippen LogP contribution in [0.4, 0.5) is 0 Å². The fraction of sp³-hybridized carbons (Fsp3) is 0.378. The molecule has 0 spiro atoms. The zero-order valence-electron chi connectivity index (χ0n) is 23.9. The van der Waals surface area contributed by atoms with Crippen molar-refractivity contribution in [3.8, 4) is 11.3 Å². The van der Waals surface area contributed by atoms with E-state index in [1.807, 2.05) is 6.20 Å². The molecule has 38 heavy (non-hydrogen) atoms. The maximum atomic E-state index is 5.01. The van der Waals surface area contributed by atoms with Crippen molar-refractivity contribution in [3.63, 3.8) is 0 Å². The number of allylic oxidation sites excluding steroid dienone is 1. The smallest absolute Gasteiger partial charge is 0.0749 e. The number of aromatic nitrogens is 1. The Kier molecular flexibility index (Phi) is 6.10. The number of rotatable bonds is 4. The number of hydrogen-bond acceptors (Lipinski definition) is 1. The van der Waals surface area contributed by atoms with E-state index in [1.54, 1.807) is 0 Å². The summed E-state index contributed by atoms with van der Waals surface area (Å²) in [5.74, 6) is 1.16. The molecule has 1 aromatic heterocycles. The van der Waals surface area contributed by atoms with Gasteiger partial charge in [-0.25, -0.2) is 0 Å². The highest BCUT2D eigenvalue weighted by Crippen LogP contribution is 2.50. The van der Waals surface area contributed by atoms with E-state index in [2.05, 4.69) is 114 Å². The van der Waals surface area contributed by atoms with Crippen molar-refractivity contribution < 1.29 is 0 Å². The number of hydrogen-bond donors (Lipinski definition) is 0. The third-order valence-corrected chi connectivity index (χ3v) is 9.40. The molecule has 1 saturated carbocycles. The number of pyridine rings is 1. The van der Waals surface area contributed by atoms with Gasteiger partial charge in [0.25, 0.3) is 0 Å². The van der Waals surface area contributed by atoms with Crippen LogP contribution in [0.1, 0.15) is 107 Å². The Bertz CT molecular complexity index is 1520. The van der Waals surface area contributed by atoms with Gasteiger partial charge in [0.2, 0.25) is 0 Å². The van der Waals surface area contributed by atoms with E-state index >= 15 is 0 Å². The Morgan fingerprint density at radius 2 is 1.53 bits per heavy atom. The second-order valence-corrected chi connectivity index (χ2v) is 13.3. The summed E-state index contributed by atoms with van der Waals surface area (Å²) in [6.45, 7) is 14.2. The molecule has 0 radical (unpaired) electrons. The Morgan fingerprint density at radius 1 is 0.816 bits per heavy atom. The average molecular weight is 500 g/mol. The highest BCUT2D eigenvalue weighted by atomic mass is 14.7. The van der Waals surface area contributed by atoms with Crippen LogP contribution in [0, 0.1) is 5.41 Å². The van der Waals surface area contributed by atoms with E-state index in [-0.39, 0.29) is 5.41 Å². The van der Waals surface area contributed by atoms with Gasteiger partial charge in [-0.15, -0.1) is 0 Å². The summed E-state index contributed by atoms with van der Waals surface area (Å²) < 4.78 is 0. The summed E-state index contributed by atoms with van der Waals surface area (Å²) >= 11 is 0. The van der Waals surface area contributed by atoms with Crippen LogP contribution >= 0.6 is 0 Å². The Balaban J connectivity index is 1.36. The maximum Gasteiger partial charge on any atom is 0.0749 e. The second-order valence-electron chi connectivity index (χ2n) is 13.3. The van der Waals surface area contributed by atoms with Crippen molar-refractivity contribution in [2.75, 3.05) is 0 Å². The Labute approximate surface area is 229 Å². The molecule has 2 aliphatic rings. The molecule has 1 heteroatoms. The number of nitrogens with zero attached hydrogens (tertiary/aromatic N) is 1. The van der Waals surface area contributed by atoms with E-state index in [1.165, 1.54) is 75.4 Å². The summed E-state index contributed by atoms with van der Waals surface area (Å²) in [5.41, 5.74) is 11.0. The van der Waals surface area contributed by atoms with E-state index in [9.17, 15) is 0 Å². The van der Waals surface area contributed by atoms with E-state index < -0.39 is 0 Å². The summed E-state index contributed by atoms with van der Waals surface area (Å²) in [6.07, 6.45) is 9.67. The van der Waals surface area contributed by atoms with Crippen LogP contribution in [0.15, 0.2) is 72.9 Å². The molecule has 0 saturated heterocycles. The monoisotopic (exact) mass is 499 g/mol. The minimum Gasteiger partial charge on any atom is -0.256 e. The van der Waals surface area contributed by atoms with E-state index in [4.69, 9.17) is 4.98 Å². The van der Waals surface area contributed by atoms with Crippen molar-refractivity contribution in [1.82, 2.24) is 4.98 Å².